The van der Waals surface area contributed by atoms with Crippen molar-refractivity contribution < 1.29 is 4.79 Å². The molecule has 4 heterocycles. The van der Waals surface area contributed by atoms with Crippen molar-refractivity contribution in [2.24, 2.45) is 0 Å². The van der Waals surface area contributed by atoms with Crippen LogP contribution in [0.2, 0.25) is 10.2 Å². The van der Waals surface area contributed by atoms with Crippen molar-refractivity contribution in [3.63, 3.8) is 0 Å². The predicted molar refractivity (Wildman–Crippen MR) is 107 cm³/mol. The molecule has 6 nitrogen and oxygen atoms in total. The lowest BCUT2D eigenvalue weighted by Crippen LogP contribution is -2.46. The van der Waals surface area contributed by atoms with Crippen molar-refractivity contribution in [1.29, 1.82) is 0 Å². The summed E-state index contributed by atoms with van der Waals surface area (Å²) >= 11 is 11.9. The Morgan fingerprint density at radius 2 is 1.89 bits per heavy atom. The standard InChI is InChI=1S/C19H19Cl2N5O/c1-24-8-9-26(18-16(24)10-14(20)12-23-18)15-4-6-25(7-5-15)19(27)13-2-3-17(21)22-11-13/h2-3,8-12,15H,4-7H2,1H3. The SMILES string of the molecule is CN1C=CN(C2CCN(C(=O)c3ccc(Cl)nc3)CC2)c2ncc(Cl)cc21. The van der Waals surface area contributed by atoms with Gasteiger partial charge in [0.05, 0.1) is 16.3 Å². The molecule has 1 fully saturated rings. The lowest BCUT2D eigenvalue weighted by atomic mass is 10.0. The largest absolute Gasteiger partial charge is 0.347 e. The van der Waals surface area contributed by atoms with Gasteiger partial charge in [0.2, 0.25) is 0 Å². The van der Waals surface area contributed by atoms with Gasteiger partial charge in [-0.05, 0) is 31.0 Å². The Kier molecular flexibility index (Phi) is 4.93. The molecule has 0 spiro atoms. The molecule has 0 aliphatic carbocycles. The first kappa shape index (κ1) is 18.1. The van der Waals surface area contributed by atoms with Gasteiger partial charge >= 0.3 is 0 Å². The van der Waals surface area contributed by atoms with Gasteiger partial charge in [0.15, 0.2) is 5.82 Å². The van der Waals surface area contributed by atoms with Crippen LogP contribution in [0.1, 0.15) is 23.2 Å². The topological polar surface area (TPSA) is 52.6 Å². The normalized spacial score (nSPS) is 17.2. The summed E-state index contributed by atoms with van der Waals surface area (Å²) in [7, 11) is 1.98. The number of amides is 1. The molecule has 2 aromatic rings. The molecule has 0 atom stereocenters. The summed E-state index contributed by atoms with van der Waals surface area (Å²) in [5.41, 5.74) is 1.55. The van der Waals surface area contributed by atoms with Gasteiger partial charge in [0.1, 0.15) is 5.15 Å². The number of fused-ring (bicyclic) bond motifs is 1. The molecular weight excluding hydrogens is 385 g/mol. The summed E-state index contributed by atoms with van der Waals surface area (Å²) < 4.78 is 0. The van der Waals surface area contributed by atoms with Crippen molar-refractivity contribution in [2.45, 2.75) is 18.9 Å². The average Bonchev–Trinajstić information content (AvgIpc) is 2.69. The number of piperidine rings is 1. The van der Waals surface area contributed by atoms with Crippen LogP contribution < -0.4 is 9.80 Å². The zero-order valence-corrected chi connectivity index (χ0v) is 16.4. The quantitative estimate of drug-likeness (QED) is 0.713. The minimum atomic E-state index is -0.00292. The van der Waals surface area contributed by atoms with Gasteiger partial charge < -0.3 is 14.7 Å². The van der Waals surface area contributed by atoms with E-state index >= 15 is 0 Å². The Labute approximate surface area is 168 Å². The van der Waals surface area contributed by atoms with Crippen molar-refractivity contribution in [3.8, 4) is 0 Å². The Balaban J connectivity index is 1.46. The van der Waals surface area contributed by atoms with Crippen LogP contribution in [0.5, 0.6) is 0 Å². The monoisotopic (exact) mass is 403 g/mol. The van der Waals surface area contributed by atoms with Crippen LogP contribution in [0, 0.1) is 0 Å². The summed E-state index contributed by atoms with van der Waals surface area (Å²) in [6.07, 6.45) is 9.00. The highest BCUT2D eigenvalue weighted by molar-refractivity contribution is 6.30. The number of pyridine rings is 2. The Morgan fingerprint density at radius 3 is 2.59 bits per heavy atom. The Bertz CT molecular complexity index is 878. The van der Waals surface area contributed by atoms with Gasteiger partial charge in [-0.15, -0.1) is 0 Å². The van der Waals surface area contributed by atoms with Crippen molar-refractivity contribution in [2.75, 3.05) is 29.9 Å². The van der Waals surface area contributed by atoms with Crippen LogP contribution in [0.4, 0.5) is 11.5 Å². The Morgan fingerprint density at radius 1 is 1.11 bits per heavy atom. The summed E-state index contributed by atoms with van der Waals surface area (Å²) in [6.45, 7) is 1.38. The molecule has 0 N–H and O–H groups in total. The molecule has 0 saturated carbocycles. The second kappa shape index (κ2) is 7.37. The van der Waals surface area contributed by atoms with Gasteiger partial charge in [0.25, 0.3) is 5.91 Å². The van der Waals surface area contributed by atoms with Crippen molar-refractivity contribution in [3.05, 3.63) is 58.7 Å². The molecule has 0 radical (unpaired) electrons. The number of hydrogen-bond acceptors (Lipinski definition) is 5. The van der Waals surface area contributed by atoms with E-state index in [1.54, 1.807) is 18.3 Å². The van der Waals surface area contributed by atoms with Crippen molar-refractivity contribution in [1.82, 2.24) is 14.9 Å². The second-order valence-electron chi connectivity index (χ2n) is 6.71. The molecular formula is C19H19Cl2N5O. The van der Waals surface area contributed by atoms with E-state index in [2.05, 4.69) is 21.1 Å². The first-order chi connectivity index (χ1) is 13.0. The third-order valence-electron chi connectivity index (χ3n) is 5.01. The zero-order chi connectivity index (χ0) is 19.0. The smallest absolute Gasteiger partial charge is 0.255 e. The number of likely N-dealkylation sites (tertiary alicyclic amines) is 1. The maximum Gasteiger partial charge on any atom is 0.255 e. The fourth-order valence-electron chi connectivity index (χ4n) is 3.53. The molecule has 2 aromatic heterocycles. The van der Waals surface area contributed by atoms with Crippen LogP contribution in [0.15, 0.2) is 43.0 Å². The zero-order valence-electron chi connectivity index (χ0n) is 14.8. The first-order valence-electron chi connectivity index (χ1n) is 8.79. The third kappa shape index (κ3) is 3.59. The van der Waals surface area contributed by atoms with Gasteiger partial charge in [-0.25, -0.2) is 9.97 Å². The highest BCUT2D eigenvalue weighted by atomic mass is 35.5. The highest BCUT2D eigenvalue weighted by Crippen LogP contribution is 2.35. The average molecular weight is 404 g/mol. The summed E-state index contributed by atoms with van der Waals surface area (Å²) in [4.78, 5) is 27.3. The molecule has 0 aromatic carbocycles. The van der Waals surface area contributed by atoms with E-state index in [1.165, 1.54) is 6.20 Å². The van der Waals surface area contributed by atoms with Gasteiger partial charge in [0, 0.05) is 51.0 Å². The molecule has 8 heteroatoms. The third-order valence-corrected chi connectivity index (χ3v) is 5.44. The summed E-state index contributed by atoms with van der Waals surface area (Å²) in [6, 6.07) is 5.57. The minimum absolute atomic E-state index is 0.00292. The molecule has 1 amide bonds. The van der Waals surface area contributed by atoms with E-state index in [0.717, 1.165) is 24.3 Å². The van der Waals surface area contributed by atoms with Crippen LogP contribution in [0.25, 0.3) is 0 Å². The predicted octanol–water partition coefficient (Wildman–Crippen LogP) is 3.82. The van der Waals surface area contributed by atoms with Crippen LogP contribution in [0.3, 0.4) is 0 Å². The van der Waals surface area contributed by atoms with E-state index in [-0.39, 0.29) is 11.9 Å². The number of anilines is 2. The number of halogens is 2. The molecule has 4 rings (SSSR count). The number of nitrogens with zero attached hydrogens (tertiary/aromatic N) is 5. The summed E-state index contributed by atoms with van der Waals surface area (Å²) in [5, 5.41) is 1.01. The second-order valence-corrected chi connectivity index (χ2v) is 7.53. The van der Waals surface area contributed by atoms with E-state index in [9.17, 15) is 4.79 Å². The number of carbonyl (C=O) groups is 1. The number of hydrogen-bond donors (Lipinski definition) is 0. The fraction of sp³-hybridized carbons (Fsp3) is 0.316. The number of rotatable bonds is 2. The Hall–Kier alpha value is -2.31. The lowest BCUT2D eigenvalue weighted by molar-refractivity contribution is 0.0713. The highest BCUT2D eigenvalue weighted by Gasteiger charge is 2.30. The van der Waals surface area contributed by atoms with E-state index in [4.69, 9.17) is 23.2 Å². The molecule has 0 unspecified atom stereocenters. The van der Waals surface area contributed by atoms with Crippen molar-refractivity contribution >= 4 is 40.6 Å². The number of aromatic nitrogens is 2. The molecule has 1 saturated heterocycles. The van der Waals surface area contributed by atoms with Gasteiger partial charge in [-0.1, -0.05) is 23.2 Å². The molecule has 140 valence electrons. The molecule has 0 bridgehead atoms. The van der Waals surface area contributed by atoms with Crippen LogP contribution >= 0.6 is 23.2 Å². The van der Waals surface area contributed by atoms with E-state index < -0.39 is 0 Å². The van der Waals surface area contributed by atoms with E-state index in [0.29, 0.717) is 28.8 Å². The minimum Gasteiger partial charge on any atom is -0.347 e. The van der Waals surface area contributed by atoms with Crippen LogP contribution in [-0.2, 0) is 0 Å². The summed E-state index contributed by atoms with van der Waals surface area (Å²) in [5.74, 6) is 0.896. The first-order valence-corrected chi connectivity index (χ1v) is 9.54. The molecule has 2 aliphatic heterocycles. The van der Waals surface area contributed by atoms with Crippen LogP contribution in [-0.4, -0.2) is 47.0 Å². The molecule has 2 aliphatic rings. The fourth-order valence-corrected chi connectivity index (χ4v) is 3.79. The number of carbonyl (C=O) groups excluding carboxylic acids is 1. The lowest BCUT2D eigenvalue weighted by Gasteiger charge is -2.40. The maximum absolute atomic E-state index is 12.7. The van der Waals surface area contributed by atoms with Gasteiger partial charge in [-0.3, -0.25) is 4.79 Å². The van der Waals surface area contributed by atoms with E-state index in [1.807, 2.05) is 29.1 Å². The molecule has 27 heavy (non-hydrogen) atoms. The maximum atomic E-state index is 12.7. The van der Waals surface area contributed by atoms with Gasteiger partial charge in [-0.2, -0.15) is 0 Å².